The molecule has 2 unspecified atom stereocenters. The van der Waals surface area contributed by atoms with Crippen molar-refractivity contribution >= 4 is 39.5 Å². The highest BCUT2D eigenvalue weighted by Gasteiger charge is 2.30. The Morgan fingerprint density at radius 1 is 0.259 bits per heavy atom. The van der Waals surface area contributed by atoms with Gasteiger partial charge in [-0.05, 0) is 180 Å². The number of aliphatic hydroxyl groups is 1. The predicted molar refractivity (Wildman–Crippen MR) is 463 cm³/mol. The van der Waals surface area contributed by atoms with Crippen molar-refractivity contribution < 1.29 is 80.2 Å². The molecular weight excluding hydrogens is 1450 g/mol. The number of unbranched alkanes of at least 4 members (excludes halogenated alkanes) is 14. The molecule has 112 heavy (non-hydrogen) atoms. The van der Waals surface area contributed by atoms with E-state index in [2.05, 4.69) is 210 Å². The van der Waals surface area contributed by atoms with Gasteiger partial charge in [-0.25, -0.2) is 9.13 Å². The van der Waals surface area contributed by atoms with Crippen molar-refractivity contribution in [2.24, 2.45) is 0 Å². The van der Waals surface area contributed by atoms with Gasteiger partial charge >= 0.3 is 39.5 Å². The fourth-order valence-corrected chi connectivity index (χ4v) is 11.7. The summed E-state index contributed by atoms with van der Waals surface area (Å²) in [5, 5.41) is 10.7. The molecule has 0 aliphatic heterocycles. The van der Waals surface area contributed by atoms with Crippen LogP contribution in [0, 0.1) is 0 Å². The van der Waals surface area contributed by atoms with Crippen LogP contribution in [-0.2, 0) is 65.4 Å². The van der Waals surface area contributed by atoms with Crippen molar-refractivity contribution in [3.8, 4) is 0 Å². The highest BCUT2D eigenvalue weighted by Crippen LogP contribution is 2.45. The maximum absolute atomic E-state index is 13.1. The average Bonchev–Trinajstić information content (AvgIpc) is 0.907. The lowest BCUT2D eigenvalue weighted by molar-refractivity contribution is -0.161. The third kappa shape index (κ3) is 81.4. The fourth-order valence-electron chi connectivity index (χ4n) is 10.1. The molecule has 0 amide bonds. The summed E-state index contributed by atoms with van der Waals surface area (Å²) in [6, 6.07) is 0. The first-order valence-electron chi connectivity index (χ1n) is 42.0. The normalized spacial score (nSPS) is 14.9. The molecule has 0 aromatic rings. The number of phosphoric acid groups is 2. The first-order chi connectivity index (χ1) is 54.7. The second-order valence-corrected chi connectivity index (χ2v) is 29.8. The minimum absolute atomic E-state index is 0.0117. The lowest BCUT2D eigenvalue weighted by Crippen LogP contribution is -2.30. The molecule has 0 saturated carbocycles. The molecule has 0 aliphatic rings. The maximum atomic E-state index is 13.1. The van der Waals surface area contributed by atoms with E-state index in [1.807, 2.05) is 36.5 Å². The van der Waals surface area contributed by atoms with Gasteiger partial charge in [0.1, 0.15) is 19.3 Å². The summed E-state index contributed by atoms with van der Waals surface area (Å²) in [7, 11) is -10.1. The molecule has 0 heterocycles. The van der Waals surface area contributed by atoms with Gasteiger partial charge in [-0.15, -0.1) is 0 Å². The lowest BCUT2D eigenvalue weighted by atomic mass is 10.1. The standard InChI is InChI=1S/C93H146O17P2/c1-5-9-13-17-21-25-29-33-37-40-43-46-50-54-58-62-66-70-74-78-91(96)104-84-89(110-93(98)80-76-72-68-64-60-56-52-48-45-42-39-35-31-27-23-19-15-11-7-3)86-108-112(101,102)106-82-87(94)81-105-111(99,100)107-85-88(83-103-90(95)77-73-69-65-61-57-53-49-36-32-28-24-20-16-12-8-4)109-92(97)79-75-71-67-63-59-55-51-47-44-41-38-34-30-26-22-18-14-10-6-2/h10-11,14-15,21-28,33-39,43-49,54-56,58-60,66,68,70,72,87-89,94H,5-9,12-13,16-20,29-32,40-42,50-53,57,61-65,67,69,71,73-86H2,1-4H3,(H,99,100)(H,101,102)/b14-10-,15-11-,25-21-,26-22-,27-23-,28-24-,37-33-,38-34-,39-35-,46-43-,47-44-,48-45-,49-36-,58-54-,59-55-,60-56-,70-66-,72-68-/t87-,88+,89+/m0/s1. The van der Waals surface area contributed by atoms with E-state index in [0.717, 1.165) is 154 Å². The van der Waals surface area contributed by atoms with Crippen LogP contribution in [0.15, 0.2) is 219 Å². The summed E-state index contributed by atoms with van der Waals surface area (Å²) in [6.07, 6.45) is 105. The van der Waals surface area contributed by atoms with Crippen molar-refractivity contribution in [2.45, 2.75) is 303 Å². The van der Waals surface area contributed by atoms with Gasteiger partial charge in [-0.2, -0.15) is 0 Å². The second kappa shape index (κ2) is 82.4. The Morgan fingerprint density at radius 3 is 0.795 bits per heavy atom. The third-order valence-corrected chi connectivity index (χ3v) is 18.3. The Labute approximate surface area is 677 Å². The molecule has 0 aliphatic carbocycles. The molecular formula is C93H146O17P2. The smallest absolute Gasteiger partial charge is 0.462 e. The second-order valence-electron chi connectivity index (χ2n) is 26.9. The van der Waals surface area contributed by atoms with Crippen molar-refractivity contribution in [2.75, 3.05) is 39.6 Å². The van der Waals surface area contributed by atoms with Crippen LogP contribution in [0.3, 0.4) is 0 Å². The first-order valence-corrected chi connectivity index (χ1v) is 45.0. The molecule has 0 fully saturated rings. The van der Waals surface area contributed by atoms with Crippen LogP contribution in [0.5, 0.6) is 0 Å². The molecule has 17 nitrogen and oxygen atoms in total. The van der Waals surface area contributed by atoms with Crippen molar-refractivity contribution in [3.63, 3.8) is 0 Å². The Hall–Kier alpha value is -6.62. The number of allylic oxidation sites excluding steroid dienone is 36. The van der Waals surface area contributed by atoms with Gasteiger partial charge in [0, 0.05) is 25.7 Å². The summed E-state index contributed by atoms with van der Waals surface area (Å²) in [6.45, 7) is 4.34. The van der Waals surface area contributed by atoms with Crippen molar-refractivity contribution in [1.29, 1.82) is 0 Å². The van der Waals surface area contributed by atoms with E-state index in [4.69, 9.17) is 37.0 Å². The number of hydrogen-bond acceptors (Lipinski definition) is 15. The number of ether oxygens (including phenoxy) is 4. The van der Waals surface area contributed by atoms with E-state index in [1.54, 1.807) is 0 Å². The molecule has 0 radical (unpaired) electrons. The number of phosphoric ester groups is 2. The van der Waals surface area contributed by atoms with Crippen LogP contribution in [0.25, 0.3) is 0 Å². The van der Waals surface area contributed by atoms with E-state index in [1.165, 1.54) is 38.5 Å². The van der Waals surface area contributed by atoms with Crippen LogP contribution < -0.4 is 0 Å². The van der Waals surface area contributed by atoms with E-state index in [9.17, 15) is 43.2 Å². The summed E-state index contributed by atoms with van der Waals surface area (Å²) >= 11 is 0. The van der Waals surface area contributed by atoms with Gasteiger partial charge in [-0.3, -0.25) is 37.3 Å². The number of rotatable bonds is 76. The summed E-state index contributed by atoms with van der Waals surface area (Å²) < 4.78 is 68.5. The fraction of sp³-hybridized carbons (Fsp3) is 0.570. The molecule has 630 valence electrons. The zero-order valence-electron chi connectivity index (χ0n) is 69.0. The molecule has 3 N–H and O–H groups in total. The Balaban J connectivity index is 5.60. The number of carbonyl (C=O) groups is 4. The monoisotopic (exact) mass is 1600 g/mol. The van der Waals surface area contributed by atoms with E-state index < -0.39 is 97.5 Å². The molecule has 0 bridgehead atoms. The summed E-state index contributed by atoms with van der Waals surface area (Å²) in [5.74, 6) is -2.45. The van der Waals surface area contributed by atoms with E-state index >= 15 is 0 Å². The topological polar surface area (TPSA) is 237 Å². The highest BCUT2D eigenvalue weighted by molar-refractivity contribution is 7.47. The lowest BCUT2D eigenvalue weighted by Gasteiger charge is -2.21. The SMILES string of the molecule is CC/C=C\C/C=C\C/C=C\C/C=C\C/C=C\C/C=C\CCC(=O)O[C@H](COC(=O)CC/C=C\C/C=C\C/C=C\C/C=C\C/C=C\CCCCC)COP(=O)(O)OC[C@@H](O)COP(=O)(O)OC[C@@H](COC(=O)CCCCCCC/C=C\C/C=C\CCCCC)OC(=O)CCCCC/C=C\C/C=C\C/C=C\C/C=C\C/C=C\CC. The number of esters is 4. The largest absolute Gasteiger partial charge is 0.472 e. The average molecular weight is 1600 g/mol. The van der Waals surface area contributed by atoms with Crippen LogP contribution >= 0.6 is 15.6 Å². The zero-order valence-corrected chi connectivity index (χ0v) is 70.8. The van der Waals surface area contributed by atoms with E-state index in [-0.39, 0.29) is 25.7 Å². The molecule has 0 aromatic carbocycles. The highest BCUT2D eigenvalue weighted by atomic mass is 31.2. The molecule has 5 atom stereocenters. The number of aliphatic hydroxyl groups excluding tert-OH is 1. The zero-order chi connectivity index (χ0) is 81.7. The molecule has 0 rings (SSSR count). The van der Waals surface area contributed by atoms with Crippen LogP contribution in [-0.4, -0.2) is 96.7 Å². The van der Waals surface area contributed by atoms with E-state index in [0.29, 0.717) is 38.5 Å². The summed E-state index contributed by atoms with van der Waals surface area (Å²) in [4.78, 5) is 73.2. The van der Waals surface area contributed by atoms with Crippen molar-refractivity contribution in [1.82, 2.24) is 0 Å². The minimum atomic E-state index is -5.03. The van der Waals surface area contributed by atoms with Gasteiger partial charge in [0.15, 0.2) is 12.2 Å². The maximum Gasteiger partial charge on any atom is 0.472 e. The Kier molecular flexibility index (Phi) is 77.5. The van der Waals surface area contributed by atoms with Gasteiger partial charge in [-0.1, -0.05) is 298 Å². The van der Waals surface area contributed by atoms with Crippen LogP contribution in [0.1, 0.15) is 285 Å². The molecule has 0 spiro atoms. The minimum Gasteiger partial charge on any atom is -0.462 e. The number of carbonyl (C=O) groups excluding carboxylic acids is 4. The number of hydrogen-bond donors (Lipinski definition) is 3. The molecule has 19 heteroatoms. The van der Waals surface area contributed by atoms with Crippen LogP contribution in [0.4, 0.5) is 0 Å². The third-order valence-electron chi connectivity index (χ3n) is 16.4. The predicted octanol–water partition coefficient (Wildman–Crippen LogP) is 25.2. The van der Waals surface area contributed by atoms with Gasteiger partial charge in [0.05, 0.1) is 26.4 Å². The first kappa shape index (κ1) is 105. The quantitative estimate of drug-likeness (QED) is 0.0169. The summed E-state index contributed by atoms with van der Waals surface area (Å²) in [5.41, 5.74) is 0. The Bertz CT molecular complexity index is 2990. The van der Waals surface area contributed by atoms with Crippen molar-refractivity contribution in [3.05, 3.63) is 219 Å². The molecule has 0 saturated heterocycles. The molecule has 0 aromatic heterocycles. The van der Waals surface area contributed by atoms with Crippen LogP contribution in [0.2, 0.25) is 0 Å². The Morgan fingerprint density at radius 2 is 0.482 bits per heavy atom. The van der Waals surface area contributed by atoms with Gasteiger partial charge < -0.3 is 33.8 Å². The van der Waals surface area contributed by atoms with Gasteiger partial charge in [0.2, 0.25) is 0 Å². The van der Waals surface area contributed by atoms with Gasteiger partial charge in [0.25, 0.3) is 0 Å².